The van der Waals surface area contributed by atoms with E-state index < -0.39 is 5.82 Å². The molecular formula is C19H22ClFN4O2. The lowest BCUT2D eigenvalue weighted by Crippen LogP contribution is -2.42. The predicted octanol–water partition coefficient (Wildman–Crippen LogP) is 2.83. The number of hydrogen-bond donors (Lipinski definition) is 3. The Morgan fingerprint density at radius 1 is 1.22 bits per heavy atom. The molecule has 2 aromatic rings. The number of ether oxygens (including phenoxy) is 1. The Morgan fingerprint density at radius 2 is 2.04 bits per heavy atom. The van der Waals surface area contributed by atoms with Gasteiger partial charge in [-0.1, -0.05) is 23.7 Å². The van der Waals surface area contributed by atoms with Gasteiger partial charge in [-0.2, -0.15) is 0 Å². The lowest BCUT2D eigenvalue weighted by atomic mass is 10.1. The summed E-state index contributed by atoms with van der Waals surface area (Å²) in [5.41, 5.74) is 1.38. The van der Waals surface area contributed by atoms with Gasteiger partial charge in [0.2, 0.25) is 5.91 Å². The largest absolute Gasteiger partial charge is 0.497 e. The molecule has 0 aromatic heterocycles. The third kappa shape index (κ3) is 6.79. The fraction of sp³-hybridized carbons (Fsp3) is 0.263. The van der Waals surface area contributed by atoms with Gasteiger partial charge in [0.25, 0.3) is 0 Å². The molecule has 0 atom stereocenters. The minimum absolute atomic E-state index is 0.000517. The monoisotopic (exact) mass is 392 g/mol. The molecule has 27 heavy (non-hydrogen) atoms. The van der Waals surface area contributed by atoms with Crippen molar-refractivity contribution in [3.63, 3.8) is 0 Å². The molecule has 0 saturated heterocycles. The van der Waals surface area contributed by atoms with Crippen LogP contribution in [0.2, 0.25) is 5.02 Å². The number of benzene rings is 2. The molecule has 2 aromatic carbocycles. The van der Waals surface area contributed by atoms with Crippen molar-refractivity contribution < 1.29 is 13.9 Å². The van der Waals surface area contributed by atoms with Crippen LogP contribution in [0.4, 0.5) is 10.1 Å². The topological polar surface area (TPSA) is 74.8 Å². The first-order valence-corrected chi connectivity index (χ1v) is 8.72. The van der Waals surface area contributed by atoms with E-state index in [-0.39, 0.29) is 12.5 Å². The fourth-order valence-corrected chi connectivity index (χ4v) is 2.59. The summed E-state index contributed by atoms with van der Waals surface area (Å²) in [7, 11) is 3.20. The molecule has 3 N–H and O–H groups in total. The van der Waals surface area contributed by atoms with Crippen LogP contribution in [0.15, 0.2) is 47.5 Å². The van der Waals surface area contributed by atoms with Crippen molar-refractivity contribution in [1.29, 1.82) is 0 Å². The number of halogens is 2. The Hall–Kier alpha value is -2.80. The van der Waals surface area contributed by atoms with Gasteiger partial charge in [-0.25, -0.2) is 4.39 Å². The molecule has 6 nitrogen and oxygen atoms in total. The Morgan fingerprint density at radius 3 is 2.70 bits per heavy atom. The average Bonchev–Trinajstić information content (AvgIpc) is 2.65. The highest BCUT2D eigenvalue weighted by molar-refractivity contribution is 6.31. The van der Waals surface area contributed by atoms with Crippen molar-refractivity contribution >= 4 is 29.2 Å². The summed E-state index contributed by atoms with van der Waals surface area (Å²) >= 11 is 6.21. The highest BCUT2D eigenvalue weighted by Crippen LogP contribution is 2.22. The molecular weight excluding hydrogens is 371 g/mol. The normalized spacial score (nSPS) is 11.0. The number of carbonyl (C=O) groups is 1. The highest BCUT2D eigenvalue weighted by Gasteiger charge is 2.06. The third-order valence-electron chi connectivity index (χ3n) is 3.70. The summed E-state index contributed by atoms with van der Waals surface area (Å²) in [4.78, 5) is 16.0. The van der Waals surface area contributed by atoms with Gasteiger partial charge in [0, 0.05) is 24.3 Å². The summed E-state index contributed by atoms with van der Waals surface area (Å²) in [6.45, 7) is 0.580. The minimum atomic E-state index is -0.407. The van der Waals surface area contributed by atoms with E-state index in [2.05, 4.69) is 20.9 Å². The van der Waals surface area contributed by atoms with Crippen molar-refractivity contribution in [3.8, 4) is 5.75 Å². The summed E-state index contributed by atoms with van der Waals surface area (Å²) in [6.07, 6.45) is 0.680. The number of anilines is 1. The lowest BCUT2D eigenvalue weighted by molar-refractivity contribution is -0.115. The van der Waals surface area contributed by atoms with E-state index >= 15 is 0 Å². The Bertz CT molecular complexity index is 814. The van der Waals surface area contributed by atoms with E-state index in [4.69, 9.17) is 16.3 Å². The van der Waals surface area contributed by atoms with Crippen LogP contribution < -0.4 is 20.7 Å². The number of nitrogens with zero attached hydrogens (tertiary/aromatic N) is 1. The van der Waals surface area contributed by atoms with Crippen molar-refractivity contribution in [1.82, 2.24) is 10.6 Å². The zero-order valence-corrected chi connectivity index (χ0v) is 15.9. The molecule has 0 heterocycles. The van der Waals surface area contributed by atoms with Gasteiger partial charge >= 0.3 is 0 Å². The molecule has 0 fully saturated rings. The molecule has 0 aliphatic carbocycles. The van der Waals surface area contributed by atoms with Crippen LogP contribution in [-0.2, 0) is 11.2 Å². The van der Waals surface area contributed by atoms with Crippen LogP contribution in [0, 0.1) is 5.82 Å². The molecule has 0 saturated carbocycles. The van der Waals surface area contributed by atoms with Gasteiger partial charge < -0.3 is 20.7 Å². The van der Waals surface area contributed by atoms with Crippen molar-refractivity contribution in [3.05, 3.63) is 58.9 Å². The lowest BCUT2D eigenvalue weighted by Gasteiger charge is -2.13. The number of aliphatic imine (C=N–C) groups is 1. The SMILES string of the molecule is CN=C(NCCc1ccc(OC)cc1Cl)NCC(=O)Nc1cccc(F)c1. The number of methoxy groups -OCH3 is 1. The maximum Gasteiger partial charge on any atom is 0.243 e. The Kier molecular flexibility index (Phi) is 7.88. The third-order valence-corrected chi connectivity index (χ3v) is 4.05. The average molecular weight is 393 g/mol. The molecule has 0 bridgehead atoms. The van der Waals surface area contributed by atoms with Gasteiger partial charge in [0.15, 0.2) is 5.96 Å². The molecule has 0 unspecified atom stereocenters. The van der Waals surface area contributed by atoms with Crippen LogP contribution in [0.5, 0.6) is 5.75 Å². The molecule has 144 valence electrons. The van der Waals surface area contributed by atoms with E-state index in [1.165, 1.54) is 18.2 Å². The minimum Gasteiger partial charge on any atom is -0.497 e. The number of nitrogens with one attached hydrogen (secondary N) is 3. The van der Waals surface area contributed by atoms with E-state index in [0.717, 1.165) is 5.56 Å². The maximum absolute atomic E-state index is 13.1. The smallest absolute Gasteiger partial charge is 0.243 e. The van der Waals surface area contributed by atoms with Crippen LogP contribution in [0.3, 0.4) is 0 Å². The second kappa shape index (κ2) is 10.4. The van der Waals surface area contributed by atoms with Gasteiger partial charge in [-0.3, -0.25) is 9.79 Å². The first kappa shape index (κ1) is 20.5. The molecule has 8 heteroatoms. The van der Waals surface area contributed by atoms with E-state index in [1.807, 2.05) is 12.1 Å². The summed E-state index contributed by atoms with van der Waals surface area (Å²) in [5.74, 6) is 0.477. The summed E-state index contributed by atoms with van der Waals surface area (Å²) in [6, 6.07) is 11.2. The number of carbonyl (C=O) groups excluding carboxylic acids is 1. The number of hydrogen-bond acceptors (Lipinski definition) is 3. The molecule has 0 aliphatic heterocycles. The molecule has 0 aliphatic rings. The molecule has 2 rings (SSSR count). The zero-order valence-electron chi connectivity index (χ0n) is 15.2. The van der Waals surface area contributed by atoms with Crippen LogP contribution in [-0.4, -0.2) is 39.1 Å². The maximum atomic E-state index is 13.1. The number of guanidine groups is 1. The zero-order chi connectivity index (χ0) is 19.6. The van der Waals surface area contributed by atoms with E-state index in [9.17, 15) is 9.18 Å². The molecule has 0 spiro atoms. The van der Waals surface area contributed by atoms with Crippen LogP contribution >= 0.6 is 11.6 Å². The quantitative estimate of drug-likeness (QED) is 0.500. The molecule has 1 amide bonds. The van der Waals surface area contributed by atoms with Gasteiger partial charge in [-0.15, -0.1) is 0 Å². The summed E-state index contributed by atoms with van der Waals surface area (Å²) < 4.78 is 18.2. The Balaban J connectivity index is 1.76. The van der Waals surface area contributed by atoms with Crippen LogP contribution in [0.1, 0.15) is 5.56 Å². The second-order valence-corrected chi connectivity index (χ2v) is 6.03. The first-order valence-electron chi connectivity index (χ1n) is 8.34. The van der Waals surface area contributed by atoms with Gasteiger partial charge in [0.1, 0.15) is 11.6 Å². The highest BCUT2D eigenvalue weighted by atomic mass is 35.5. The summed E-state index contributed by atoms with van der Waals surface area (Å²) in [5, 5.41) is 9.26. The number of rotatable bonds is 7. The fourth-order valence-electron chi connectivity index (χ4n) is 2.33. The standard InChI is InChI=1S/C19H22ClFN4O2/c1-22-19(23-9-8-13-6-7-16(27-2)11-17(13)20)24-12-18(26)25-15-5-3-4-14(21)10-15/h3-7,10-11H,8-9,12H2,1-2H3,(H,25,26)(H2,22,23,24). The van der Waals surface area contributed by atoms with Crippen molar-refractivity contribution in [2.24, 2.45) is 4.99 Å². The van der Waals surface area contributed by atoms with Crippen molar-refractivity contribution in [2.45, 2.75) is 6.42 Å². The Labute approximate surface area is 162 Å². The van der Waals surface area contributed by atoms with E-state index in [1.54, 1.807) is 26.3 Å². The van der Waals surface area contributed by atoms with Crippen molar-refractivity contribution in [2.75, 3.05) is 32.6 Å². The first-order chi connectivity index (χ1) is 13.0. The molecule has 0 radical (unpaired) electrons. The second-order valence-electron chi connectivity index (χ2n) is 5.62. The predicted molar refractivity (Wildman–Crippen MR) is 106 cm³/mol. The van der Waals surface area contributed by atoms with E-state index in [0.29, 0.717) is 35.4 Å². The van der Waals surface area contributed by atoms with Crippen LogP contribution in [0.25, 0.3) is 0 Å². The van der Waals surface area contributed by atoms with Gasteiger partial charge in [-0.05, 0) is 42.3 Å². The van der Waals surface area contributed by atoms with Gasteiger partial charge in [0.05, 0.1) is 13.7 Å². The number of amides is 1.